The number of amides is 2. The molecule has 2 aromatic carbocycles. The number of halogens is 1. The molecule has 3 rings (SSSR count). The van der Waals surface area contributed by atoms with Crippen molar-refractivity contribution in [2.24, 2.45) is 10.7 Å². The summed E-state index contributed by atoms with van der Waals surface area (Å²) in [7, 11) is 0. The maximum atomic E-state index is 12.9. The number of para-hydroxylation sites is 1. The third-order valence-corrected chi connectivity index (χ3v) is 6.18. The molecule has 0 aromatic heterocycles. The van der Waals surface area contributed by atoms with Crippen molar-refractivity contribution < 1.29 is 14.3 Å². The van der Waals surface area contributed by atoms with Crippen molar-refractivity contribution in [3.63, 3.8) is 0 Å². The Bertz CT molecular complexity index is 1150. The van der Waals surface area contributed by atoms with E-state index in [-0.39, 0.29) is 22.6 Å². The summed E-state index contributed by atoms with van der Waals surface area (Å²) in [5.41, 5.74) is 8.11. The second kappa shape index (κ2) is 11.2. The summed E-state index contributed by atoms with van der Waals surface area (Å²) in [4.78, 5) is 30.8. The lowest BCUT2D eigenvalue weighted by atomic mass is 9.93. The van der Waals surface area contributed by atoms with Crippen molar-refractivity contribution in [1.29, 1.82) is 0 Å². The molecule has 0 spiro atoms. The van der Waals surface area contributed by atoms with Crippen LogP contribution in [0.15, 0.2) is 70.3 Å². The molecule has 2 N–H and O–H groups in total. The monoisotopic (exact) mass is 479 g/mol. The molecular formula is C27H30ClN3O3. The fourth-order valence-corrected chi connectivity index (χ4v) is 4.43. The summed E-state index contributed by atoms with van der Waals surface area (Å²) in [5.74, 6) is 0.704. The Morgan fingerprint density at radius 1 is 1.26 bits per heavy atom. The SMILES string of the molecule is C=N/C(C(=O)N1CCC(c2ccc(Oc3ccccc3C(C)C)cc2C(N)=O)C1)=C(Cl)\C=C/C. The molecule has 0 aliphatic carbocycles. The molecule has 34 heavy (non-hydrogen) atoms. The number of carbonyl (C=O) groups is 2. The van der Waals surface area contributed by atoms with E-state index in [2.05, 4.69) is 25.6 Å². The summed E-state index contributed by atoms with van der Waals surface area (Å²) in [6, 6.07) is 13.2. The van der Waals surface area contributed by atoms with Gasteiger partial charge < -0.3 is 15.4 Å². The molecule has 1 aliphatic heterocycles. The van der Waals surface area contributed by atoms with Gasteiger partial charge >= 0.3 is 0 Å². The number of nitrogens with two attached hydrogens (primary N) is 1. The van der Waals surface area contributed by atoms with Gasteiger partial charge in [-0.25, -0.2) is 0 Å². The van der Waals surface area contributed by atoms with E-state index in [0.29, 0.717) is 36.7 Å². The minimum atomic E-state index is -0.535. The molecule has 1 heterocycles. The van der Waals surface area contributed by atoms with Crippen molar-refractivity contribution in [3.8, 4) is 11.5 Å². The third kappa shape index (κ3) is 5.57. The minimum Gasteiger partial charge on any atom is -0.457 e. The molecule has 1 saturated heterocycles. The average Bonchev–Trinajstić information content (AvgIpc) is 3.30. The van der Waals surface area contributed by atoms with E-state index in [9.17, 15) is 9.59 Å². The number of hydrogen-bond donors (Lipinski definition) is 1. The molecular weight excluding hydrogens is 450 g/mol. The van der Waals surface area contributed by atoms with Crippen LogP contribution in [0.5, 0.6) is 11.5 Å². The zero-order valence-corrected chi connectivity index (χ0v) is 20.5. The molecule has 0 saturated carbocycles. The Morgan fingerprint density at radius 3 is 2.65 bits per heavy atom. The number of rotatable bonds is 8. The van der Waals surface area contributed by atoms with Gasteiger partial charge in [-0.3, -0.25) is 14.6 Å². The summed E-state index contributed by atoms with van der Waals surface area (Å²) in [6.07, 6.45) is 4.03. The van der Waals surface area contributed by atoms with Gasteiger partial charge in [0.15, 0.2) is 0 Å². The van der Waals surface area contributed by atoms with Crippen LogP contribution in [-0.4, -0.2) is 36.5 Å². The highest BCUT2D eigenvalue weighted by atomic mass is 35.5. The zero-order chi connectivity index (χ0) is 24.8. The molecule has 7 heteroatoms. The van der Waals surface area contributed by atoms with E-state index in [1.165, 1.54) is 0 Å². The molecule has 0 bridgehead atoms. The maximum Gasteiger partial charge on any atom is 0.273 e. The Morgan fingerprint density at radius 2 is 2.00 bits per heavy atom. The van der Waals surface area contributed by atoms with E-state index >= 15 is 0 Å². The van der Waals surface area contributed by atoms with Crippen LogP contribution >= 0.6 is 11.6 Å². The van der Waals surface area contributed by atoms with Crippen LogP contribution in [0, 0.1) is 0 Å². The number of likely N-dealkylation sites (tertiary alicyclic amines) is 1. The molecule has 1 unspecified atom stereocenters. The highest BCUT2D eigenvalue weighted by molar-refractivity contribution is 6.33. The van der Waals surface area contributed by atoms with Crippen molar-refractivity contribution in [1.82, 2.24) is 4.90 Å². The molecule has 2 amide bonds. The Hall–Kier alpha value is -3.38. The first-order chi connectivity index (χ1) is 16.3. The first-order valence-corrected chi connectivity index (χ1v) is 11.6. The lowest BCUT2D eigenvalue weighted by molar-refractivity contribution is -0.126. The van der Waals surface area contributed by atoms with Crippen LogP contribution < -0.4 is 10.5 Å². The number of allylic oxidation sites excluding steroid dienone is 3. The smallest absolute Gasteiger partial charge is 0.273 e. The average molecular weight is 480 g/mol. The summed E-state index contributed by atoms with van der Waals surface area (Å²) in [5, 5.41) is 0.243. The number of primary amides is 1. The number of benzene rings is 2. The van der Waals surface area contributed by atoms with Gasteiger partial charge in [-0.15, -0.1) is 0 Å². The van der Waals surface area contributed by atoms with Crippen LogP contribution in [-0.2, 0) is 4.79 Å². The van der Waals surface area contributed by atoms with Gasteiger partial charge in [0.2, 0.25) is 5.91 Å². The van der Waals surface area contributed by atoms with Crippen LogP contribution in [0.3, 0.4) is 0 Å². The fraction of sp³-hybridized carbons (Fsp3) is 0.296. The molecule has 1 fully saturated rings. The van der Waals surface area contributed by atoms with Crippen LogP contribution in [0.4, 0.5) is 0 Å². The highest BCUT2D eigenvalue weighted by Gasteiger charge is 2.31. The van der Waals surface area contributed by atoms with E-state index in [4.69, 9.17) is 22.1 Å². The van der Waals surface area contributed by atoms with Gasteiger partial charge in [-0.2, -0.15) is 0 Å². The standard InChI is InChI=1S/C27H30ClN3O3/c1-5-8-23(28)25(30-4)27(33)31-14-13-18(16-31)21-12-11-19(15-22(21)26(29)32)34-24-10-7-6-9-20(24)17(2)3/h5-12,15,17-18H,4,13-14,16H2,1-3H3,(H2,29,32)/b8-5-,25-23+. The predicted octanol–water partition coefficient (Wildman–Crippen LogP) is 5.74. The van der Waals surface area contributed by atoms with Crippen LogP contribution in [0.1, 0.15) is 60.5 Å². The fourth-order valence-electron chi connectivity index (χ4n) is 4.16. The van der Waals surface area contributed by atoms with Crippen molar-refractivity contribution in [3.05, 3.63) is 82.0 Å². The largest absolute Gasteiger partial charge is 0.457 e. The predicted molar refractivity (Wildman–Crippen MR) is 137 cm³/mol. The Balaban J connectivity index is 1.85. The van der Waals surface area contributed by atoms with Gasteiger partial charge in [0.05, 0.1) is 5.03 Å². The normalized spacial score (nSPS) is 16.6. The summed E-state index contributed by atoms with van der Waals surface area (Å²) < 4.78 is 6.12. The Labute approximate surface area is 205 Å². The molecule has 2 aromatic rings. The van der Waals surface area contributed by atoms with E-state index in [0.717, 1.165) is 16.9 Å². The van der Waals surface area contributed by atoms with Crippen LogP contribution in [0.25, 0.3) is 0 Å². The molecule has 0 radical (unpaired) electrons. The van der Waals surface area contributed by atoms with E-state index in [1.54, 1.807) is 30.0 Å². The number of nitrogens with zero attached hydrogens (tertiary/aromatic N) is 2. The number of aliphatic imine (C=N–C) groups is 1. The topological polar surface area (TPSA) is 85.0 Å². The second-order valence-corrected chi connectivity index (χ2v) is 8.91. The molecule has 1 atom stereocenters. The van der Waals surface area contributed by atoms with Crippen LogP contribution in [0.2, 0.25) is 0 Å². The second-order valence-electron chi connectivity index (χ2n) is 8.50. The summed E-state index contributed by atoms with van der Waals surface area (Å²) in [6.45, 7) is 10.4. The first-order valence-electron chi connectivity index (χ1n) is 11.3. The molecule has 6 nitrogen and oxygen atoms in total. The molecule has 178 valence electrons. The quantitative estimate of drug-likeness (QED) is 0.297. The minimum absolute atomic E-state index is 0.0463. The van der Waals surface area contributed by atoms with Gasteiger partial charge in [-0.1, -0.05) is 55.8 Å². The zero-order valence-electron chi connectivity index (χ0n) is 19.8. The first kappa shape index (κ1) is 25.2. The maximum absolute atomic E-state index is 12.9. The number of hydrogen-bond acceptors (Lipinski definition) is 4. The van der Waals surface area contributed by atoms with E-state index < -0.39 is 5.91 Å². The van der Waals surface area contributed by atoms with Crippen molar-refractivity contribution in [2.45, 2.75) is 39.0 Å². The van der Waals surface area contributed by atoms with Crippen molar-refractivity contribution >= 4 is 30.1 Å². The highest BCUT2D eigenvalue weighted by Crippen LogP contribution is 2.35. The van der Waals surface area contributed by atoms with Gasteiger partial charge in [0.25, 0.3) is 5.91 Å². The van der Waals surface area contributed by atoms with Crippen molar-refractivity contribution in [2.75, 3.05) is 13.1 Å². The molecule has 1 aliphatic rings. The van der Waals surface area contributed by atoms with Gasteiger partial charge in [-0.05, 0) is 61.4 Å². The van der Waals surface area contributed by atoms with Gasteiger partial charge in [0.1, 0.15) is 17.2 Å². The third-order valence-electron chi connectivity index (χ3n) is 5.87. The van der Waals surface area contributed by atoms with Gasteiger partial charge in [0, 0.05) is 24.6 Å². The summed E-state index contributed by atoms with van der Waals surface area (Å²) >= 11 is 6.19. The van der Waals surface area contributed by atoms with E-state index in [1.807, 2.05) is 36.4 Å². The lowest BCUT2D eigenvalue weighted by Crippen LogP contribution is -2.30. The number of ether oxygens (including phenoxy) is 1. The lowest BCUT2D eigenvalue weighted by Gasteiger charge is -2.19. The Kier molecular flexibility index (Phi) is 8.29. The number of carbonyl (C=O) groups excluding carboxylic acids is 2.